The molecule has 0 saturated carbocycles. The Kier molecular flexibility index (Phi) is 8.77. The Morgan fingerprint density at radius 2 is 0.816 bits per heavy atom. The van der Waals surface area contributed by atoms with E-state index in [1.54, 1.807) is 6.92 Å². The highest BCUT2D eigenvalue weighted by Gasteiger charge is 2.23. The van der Waals surface area contributed by atoms with Gasteiger partial charge in [-0.15, -0.1) is 0 Å². The van der Waals surface area contributed by atoms with E-state index in [2.05, 4.69) is 138 Å². The van der Waals surface area contributed by atoms with Gasteiger partial charge in [0.15, 0.2) is 5.78 Å². The van der Waals surface area contributed by atoms with Crippen molar-refractivity contribution in [1.29, 1.82) is 0 Å². The van der Waals surface area contributed by atoms with Gasteiger partial charge in [-0.1, -0.05) is 121 Å². The molecule has 0 radical (unpaired) electrons. The lowest BCUT2D eigenvalue weighted by molar-refractivity contribution is 0.101. The van der Waals surface area contributed by atoms with Crippen LogP contribution < -0.4 is 26.1 Å². The number of anilines is 1. The highest BCUT2D eigenvalue weighted by molar-refractivity contribution is 7.74. The van der Waals surface area contributed by atoms with Crippen molar-refractivity contribution in [2.45, 2.75) is 6.92 Å². The molecule has 0 aliphatic heterocycles. The summed E-state index contributed by atoms with van der Waals surface area (Å²) in [5.41, 5.74) is 1.89. The summed E-state index contributed by atoms with van der Waals surface area (Å²) in [6.07, 6.45) is 1.78. The summed E-state index contributed by atoms with van der Waals surface area (Å²) in [7, 11) is -1.27. The Morgan fingerprint density at radius 1 is 0.500 bits per heavy atom. The van der Waals surface area contributed by atoms with Gasteiger partial charge in [-0.2, -0.15) is 0 Å². The molecule has 4 heteroatoms. The van der Waals surface area contributed by atoms with E-state index in [9.17, 15) is 4.79 Å². The lowest BCUT2D eigenvalue weighted by Gasteiger charge is -2.34. The molecular weight excluding hydrogens is 500 g/mol. The van der Waals surface area contributed by atoms with Crippen LogP contribution in [0.4, 0.5) is 5.69 Å². The van der Waals surface area contributed by atoms with Crippen molar-refractivity contribution in [3.05, 3.63) is 151 Å². The summed E-state index contributed by atoms with van der Waals surface area (Å²) in [6.45, 7) is 1.63. The number of hydrogen-bond acceptors (Lipinski definition) is 2. The topological polar surface area (TPSA) is 20.3 Å². The summed E-state index contributed by atoms with van der Waals surface area (Å²) in [5.74, 6) is 0.0924. The van der Waals surface area contributed by atoms with Crippen LogP contribution in [-0.2, 0) is 0 Å². The molecule has 0 fully saturated rings. The summed E-state index contributed by atoms with van der Waals surface area (Å²) in [4.78, 5) is 14.6. The summed E-state index contributed by atoms with van der Waals surface area (Å²) in [6, 6.07) is 51.7. The lowest BCUT2D eigenvalue weighted by Crippen LogP contribution is -2.32. The average molecular weight is 532 g/mol. The lowest BCUT2D eigenvalue weighted by atomic mass is 10.1. The molecule has 0 bridgehead atoms. The van der Waals surface area contributed by atoms with E-state index in [4.69, 9.17) is 0 Å². The molecule has 0 atom stereocenters. The maximum absolute atomic E-state index is 12.0. The van der Waals surface area contributed by atoms with Gasteiger partial charge in [0.05, 0.1) is 0 Å². The third kappa shape index (κ3) is 6.46. The van der Waals surface area contributed by atoms with Gasteiger partial charge in [-0.05, 0) is 68.3 Å². The molecule has 0 aromatic heterocycles. The van der Waals surface area contributed by atoms with Crippen LogP contribution in [0.25, 0.3) is 0 Å². The number of Topliss-reactive ketones (excluding diaryl/α,β-unsaturated/α-hetero) is 1. The van der Waals surface area contributed by atoms with Crippen molar-refractivity contribution in [2.24, 2.45) is 0 Å². The molecular formula is C34H31NOP2. The Balaban J connectivity index is 1.58. The van der Waals surface area contributed by atoms with Crippen LogP contribution >= 0.6 is 15.8 Å². The average Bonchev–Trinajstić information content (AvgIpc) is 2.99. The molecule has 0 N–H and O–H groups in total. The third-order valence-electron chi connectivity index (χ3n) is 6.53. The highest BCUT2D eigenvalue weighted by Crippen LogP contribution is 2.41. The largest absolute Gasteiger partial charge is 0.362 e. The normalized spacial score (nSPS) is 11.0. The van der Waals surface area contributed by atoms with Crippen molar-refractivity contribution in [1.82, 2.24) is 0 Å². The van der Waals surface area contributed by atoms with Crippen LogP contribution in [0.2, 0.25) is 0 Å². The molecule has 0 heterocycles. The minimum absolute atomic E-state index is 0.0924. The number of benzene rings is 5. The number of ketones is 1. The summed E-state index contributed by atoms with van der Waals surface area (Å²) >= 11 is 0. The number of carbonyl (C=O) groups excluding carboxylic acids is 1. The second-order valence-corrected chi connectivity index (χ2v) is 13.5. The van der Waals surface area contributed by atoms with Gasteiger partial charge in [0.1, 0.15) is 0 Å². The first-order chi connectivity index (χ1) is 18.7. The van der Waals surface area contributed by atoms with E-state index < -0.39 is 15.8 Å². The second-order valence-electron chi connectivity index (χ2n) is 9.12. The maximum Gasteiger partial charge on any atom is 0.159 e. The predicted octanol–water partition coefficient (Wildman–Crippen LogP) is 6.88. The monoisotopic (exact) mass is 531 g/mol. The summed E-state index contributed by atoms with van der Waals surface area (Å²) in [5, 5.41) is 5.45. The Labute approximate surface area is 228 Å². The maximum atomic E-state index is 12.0. The van der Waals surface area contributed by atoms with E-state index in [1.807, 2.05) is 12.1 Å². The SMILES string of the molecule is CC(=O)c1ccc(N(CP(c2ccccc2)c2ccccc2)CP(c2ccccc2)c2ccccc2)cc1. The van der Waals surface area contributed by atoms with Gasteiger partial charge in [0.2, 0.25) is 0 Å². The minimum atomic E-state index is -0.633. The zero-order valence-electron chi connectivity index (χ0n) is 21.5. The molecule has 5 aromatic rings. The first-order valence-electron chi connectivity index (χ1n) is 12.8. The van der Waals surface area contributed by atoms with E-state index in [1.165, 1.54) is 21.2 Å². The predicted molar refractivity (Wildman–Crippen MR) is 167 cm³/mol. The highest BCUT2D eigenvalue weighted by atomic mass is 31.1. The van der Waals surface area contributed by atoms with Crippen molar-refractivity contribution in [2.75, 3.05) is 17.5 Å². The fourth-order valence-electron chi connectivity index (χ4n) is 4.51. The Hall–Kier alpha value is -3.57. The fraction of sp³-hybridized carbons (Fsp3) is 0.0882. The zero-order valence-corrected chi connectivity index (χ0v) is 23.3. The van der Waals surface area contributed by atoms with Gasteiger partial charge < -0.3 is 4.90 Å². The molecule has 0 aliphatic carbocycles. The fourth-order valence-corrected chi connectivity index (χ4v) is 9.26. The van der Waals surface area contributed by atoms with E-state index >= 15 is 0 Å². The van der Waals surface area contributed by atoms with Gasteiger partial charge in [0.25, 0.3) is 0 Å². The van der Waals surface area contributed by atoms with Crippen LogP contribution in [0.1, 0.15) is 17.3 Å². The molecule has 0 spiro atoms. The number of rotatable bonds is 10. The standard InChI is InChI=1S/C34H31NOP2/c1-28(36)29-22-24-30(25-23-29)35(26-37(31-14-6-2-7-15-31)32-16-8-3-9-17-32)27-38(33-18-10-4-11-19-33)34-20-12-5-13-21-34/h2-25H,26-27H2,1H3. The smallest absolute Gasteiger partial charge is 0.159 e. The molecule has 0 saturated heterocycles. The second kappa shape index (κ2) is 12.8. The first-order valence-corrected chi connectivity index (χ1v) is 15.9. The van der Waals surface area contributed by atoms with Crippen LogP contribution in [0.15, 0.2) is 146 Å². The van der Waals surface area contributed by atoms with E-state index in [0.29, 0.717) is 0 Å². The summed E-state index contributed by atoms with van der Waals surface area (Å²) < 4.78 is 0. The quantitative estimate of drug-likeness (QED) is 0.145. The molecule has 0 unspecified atom stereocenters. The third-order valence-corrected chi connectivity index (χ3v) is 11.5. The van der Waals surface area contributed by atoms with E-state index in [-0.39, 0.29) is 5.78 Å². The number of hydrogen-bond donors (Lipinski definition) is 0. The van der Waals surface area contributed by atoms with Crippen molar-refractivity contribution < 1.29 is 4.79 Å². The molecule has 5 rings (SSSR count). The molecule has 38 heavy (non-hydrogen) atoms. The molecule has 0 aliphatic rings. The molecule has 5 aromatic carbocycles. The van der Waals surface area contributed by atoms with E-state index in [0.717, 1.165) is 23.8 Å². The number of nitrogens with zero attached hydrogens (tertiary/aromatic N) is 1. The van der Waals surface area contributed by atoms with Gasteiger partial charge in [-0.25, -0.2) is 0 Å². The Morgan fingerprint density at radius 3 is 1.11 bits per heavy atom. The molecule has 2 nitrogen and oxygen atoms in total. The van der Waals surface area contributed by atoms with Crippen molar-refractivity contribution >= 4 is 48.5 Å². The van der Waals surface area contributed by atoms with Crippen molar-refractivity contribution in [3.8, 4) is 0 Å². The Bertz CT molecular complexity index is 1260. The van der Waals surface area contributed by atoms with Crippen LogP contribution in [0, 0.1) is 0 Å². The first kappa shape index (κ1) is 26.1. The van der Waals surface area contributed by atoms with Crippen LogP contribution in [-0.4, -0.2) is 18.4 Å². The van der Waals surface area contributed by atoms with Gasteiger partial charge in [0, 0.05) is 23.8 Å². The minimum Gasteiger partial charge on any atom is -0.362 e. The van der Waals surface area contributed by atoms with Crippen molar-refractivity contribution in [3.63, 3.8) is 0 Å². The number of carbonyl (C=O) groups is 1. The van der Waals surface area contributed by atoms with Crippen LogP contribution in [0.3, 0.4) is 0 Å². The zero-order chi connectivity index (χ0) is 26.2. The molecule has 188 valence electrons. The van der Waals surface area contributed by atoms with Crippen LogP contribution in [0.5, 0.6) is 0 Å². The molecule has 0 amide bonds. The van der Waals surface area contributed by atoms with Gasteiger partial charge >= 0.3 is 0 Å². The van der Waals surface area contributed by atoms with Gasteiger partial charge in [-0.3, -0.25) is 4.79 Å².